The van der Waals surface area contributed by atoms with Crippen molar-refractivity contribution in [3.63, 3.8) is 0 Å². The first-order valence-electron chi connectivity index (χ1n) is 9.59. The van der Waals surface area contributed by atoms with E-state index in [1.807, 2.05) is 6.92 Å². The zero-order valence-electron chi connectivity index (χ0n) is 16.6. The Morgan fingerprint density at radius 1 is 1.09 bits per heavy atom. The molecule has 32 heavy (non-hydrogen) atoms. The minimum absolute atomic E-state index is 0.259. The molecule has 1 atom stereocenters. The number of hydrogen-bond donors (Lipinski definition) is 4. The molecular formula is C20H16ClN9O2. The van der Waals surface area contributed by atoms with Crippen LogP contribution in [-0.2, 0) is 0 Å². The third kappa shape index (κ3) is 3.44. The van der Waals surface area contributed by atoms with E-state index in [1.54, 1.807) is 24.3 Å². The van der Waals surface area contributed by atoms with Crippen LogP contribution >= 0.6 is 11.6 Å². The summed E-state index contributed by atoms with van der Waals surface area (Å²) in [4.78, 5) is 47.6. The van der Waals surface area contributed by atoms with E-state index in [9.17, 15) is 9.59 Å². The minimum atomic E-state index is -0.470. The average Bonchev–Trinajstić information content (AvgIpc) is 3.27. The third-order valence-corrected chi connectivity index (χ3v) is 5.18. The van der Waals surface area contributed by atoms with Gasteiger partial charge in [0.1, 0.15) is 11.8 Å². The van der Waals surface area contributed by atoms with Crippen LogP contribution in [0.25, 0.3) is 22.1 Å². The van der Waals surface area contributed by atoms with Crippen molar-refractivity contribution < 1.29 is 0 Å². The number of rotatable bonds is 5. The predicted octanol–water partition coefficient (Wildman–Crippen LogP) is 2.45. The molecule has 4 N–H and O–H groups in total. The van der Waals surface area contributed by atoms with E-state index >= 15 is 0 Å². The van der Waals surface area contributed by atoms with Crippen LogP contribution in [0.15, 0.2) is 58.8 Å². The maximum atomic E-state index is 13.4. The normalized spacial score (nSPS) is 12.2. The Bertz CT molecular complexity index is 1550. The molecule has 11 nitrogen and oxygen atoms in total. The number of aromatic nitrogens is 7. The summed E-state index contributed by atoms with van der Waals surface area (Å²) in [7, 11) is 0. The summed E-state index contributed by atoms with van der Waals surface area (Å²) in [6, 6.07) is 7.53. The van der Waals surface area contributed by atoms with E-state index in [2.05, 4.69) is 40.6 Å². The summed E-state index contributed by atoms with van der Waals surface area (Å²) < 4.78 is 1.30. The Balaban J connectivity index is 1.64. The molecule has 0 bridgehead atoms. The fraction of sp³-hybridized carbons (Fsp3) is 0.100. The number of imidazole rings is 1. The zero-order chi connectivity index (χ0) is 22.2. The van der Waals surface area contributed by atoms with E-state index in [0.717, 1.165) is 0 Å². The van der Waals surface area contributed by atoms with E-state index < -0.39 is 6.04 Å². The number of aromatic amines is 2. The Kier molecular flexibility index (Phi) is 4.79. The van der Waals surface area contributed by atoms with Crippen LogP contribution in [0.5, 0.6) is 0 Å². The van der Waals surface area contributed by atoms with Crippen LogP contribution in [0.4, 0.5) is 11.5 Å². The van der Waals surface area contributed by atoms with Gasteiger partial charge < -0.3 is 15.3 Å². The van der Waals surface area contributed by atoms with Crippen LogP contribution in [0.3, 0.4) is 0 Å². The van der Waals surface area contributed by atoms with Gasteiger partial charge in [-0.2, -0.15) is 0 Å². The average molecular weight is 450 g/mol. The first-order valence-corrected chi connectivity index (χ1v) is 9.96. The van der Waals surface area contributed by atoms with E-state index in [-0.39, 0.29) is 16.5 Å². The second-order valence-electron chi connectivity index (χ2n) is 6.99. The highest BCUT2D eigenvalue weighted by molar-refractivity contribution is 6.35. The molecule has 12 heteroatoms. The predicted molar refractivity (Wildman–Crippen MR) is 121 cm³/mol. The molecule has 0 fully saturated rings. The van der Waals surface area contributed by atoms with Crippen molar-refractivity contribution in [2.45, 2.75) is 13.0 Å². The molecule has 160 valence electrons. The lowest BCUT2D eigenvalue weighted by Crippen LogP contribution is -2.33. The van der Waals surface area contributed by atoms with Crippen LogP contribution < -0.4 is 21.9 Å². The molecule has 1 aromatic carbocycles. The van der Waals surface area contributed by atoms with Crippen molar-refractivity contribution in [2.75, 3.05) is 10.7 Å². The summed E-state index contributed by atoms with van der Waals surface area (Å²) in [6.07, 6.45) is 4.39. The van der Waals surface area contributed by atoms with Gasteiger partial charge in [-0.3, -0.25) is 15.0 Å². The van der Waals surface area contributed by atoms with Gasteiger partial charge in [0, 0.05) is 12.3 Å². The maximum absolute atomic E-state index is 13.4. The van der Waals surface area contributed by atoms with Crippen LogP contribution in [0.2, 0.25) is 5.02 Å². The zero-order valence-corrected chi connectivity index (χ0v) is 17.4. The molecule has 0 radical (unpaired) electrons. The summed E-state index contributed by atoms with van der Waals surface area (Å²) in [5.41, 5.74) is 4.45. The van der Waals surface area contributed by atoms with E-state index in [1.165, 1.54) is 29.6 Å². The third-order valence-electron chi connectivity index (χ3n) is 4.86. The number of fused-ring (bicyclic) bond motifs is 2. The molecule has 0 saturated carbocycles. The van der Waals surface area contributed by atoms with Crippen molar-refractivity contribution >= 4 is 45.2 Å². The van der Waals surface area contributed by atoms with Gasteiger partial charge in [-0.1, -0.05) is 17.7 Å². The molecule has 0 amide bonds. The van der Waals surface area contributed by atoms with Crippen molar-refractivity contribution in [1.82, 2.24) is 34.6 Å². The molecular weight excluding hydrogens is 434 g/mol. The fourth-order valence-corrected chi connectivity index (χ4v) is 3.61. The lowest BCUT2D eigenvalue weighted by Gasteiger charge is -2.21. The SMILES string of the molecule is CC(Nc1ncnc2nc[nH]c12)c1nc2cccc(Cl)c2c(=O)n1Nc1ccc(=O)[nH]c1. The van der Waals surface area contributed by atoms with Crippen molar-refractivity contribution in [1.29, 1.82) is 0 Å². The number of H-pyrrole nitrogens is 2. The number of halogens is 1. The van der Waals surface area contributed by atoms with Gasteiger partial charge in [0.25, 0.3) is 5.56 Å². The van der Waals surface area contributed by atoms with Gasteiger partial charge in [0.2, 0.25) is 5.56 Å². The molecule has 5 aromatic rings. The second kappa shape index (κ2) is 7.78. The van der Waals surface area contributed by atoms with Gasteiger partial charge >= 0.3 is 0 Å². The Hall–Kier alpha value is -4.25. The van der Waals surface area contributed by atoms with Crippen molar-refractivity contribution in [3.8, 4) is 0 Å². The Morgan fingerprint density at radius 3 is 2.78 bits per heavy atom. The monoisotopic (exact) mass is 449 g/mol. The van der Waals surface area contributed by atoms with E-state index in [0.29, 0.717) is 39.0 Å². The highest BCUT2D eigenvalue weighted by Crippen LogP contribution is 2.24. The number of nitrogens with one attached hydrogen (secondary N) is 4. The largest absolute Gasteiger partial charge is 0.358 e. The van der Waals surface area contributed by atoms with Gasteiger partial charge in [-0.25, -0.2) is 24.6 Å². The Morgan fingerprint density at radius 2 is 1.97 bits per heavy atom. The quantitative estimate of drug-likeness (QED) is 0.320. The molecule has 0 saturated heterocycles. The van der Waals surface area contributed by atoms with Gasteiger partial charge in [0.05, 0.1) is 34.0 Å². The van der Waals surface area contributed by atoms with E-state index in [4.69, 9.17) is 11.6 Å². The van der Waals surface area contributed by atoms with Crippen LogP contribution in [-0.4, -0.2) is 34.6 Å². The lowest BCUT2D eigenvalue weighted by atomic mass is 10.2. The van der Waals surface area contributed by atoms with Crippen LogP contribution in [0.1, 0.15) is 18.8 Å². The summed E-state index contributed by atoms with van der Waals surface area (Å²) in [6.45, 7) is 1.84. The standard InChI is InChI=1S/C20H16ClN9O2/c1-10(27-18-16-17(24-8-23-16)25-9-26-18)19-28-13-4-2-3-12(21)15(13)20(32)30(19)29-11-5-6-14(31)22-7-11/h2-10,29H,1H3,(H,22,31)(H2,23,24,25,26,27). The first kappa shape index (κ1) is 19.7. The summed E-state index contributed by atoms with van der Waals surface area (Å²) in [5, 5.41) is 3.82. The molecule has 0 spiro atoms. The van der Waals surface area contributed by atoms with Gasteiger partial charge in [0.15, 0.2) is 17.3 Å². The molecule has 4 aromatic heterocycles. The molecule has 1 unspecified atom stereocenters. The highest BCUT2D eigenvalue weighted by Gasteiger charge is 2.20. The summed E-state index contributed by atoms with van der Waals surface area (Å²) >= 11 is 6.30. The number of hydrogen-bond acceptors (Lipinski definition) is 8. The number of benzene rings is 1. The summed E-state index contributed by atoms with van der Waals surface area (Å²) in [5.74, 6) is 0.887. The second-order valence-corrected chi connectivity index (χ2v) is 7.39. The van der Waals surface area contributed by atoms with Crippen molar-refractivity contribution in [3.05, 3.63) is 80.7 Å². The van der Waals surface area contributed by atoms with Crippen LogP contribution in [0, 0.1) is 0 Å². The molecule has 0 aliphatic carbocycles. The Labute approximate surface area is 184 Å². The molecule has 4 heterocycles. The number of nitrogens with zero attached hydrogens (tertiary/aromatic N) is 5. The van der Waals surface area contributed by atoms with Gasteiger partial charge in [-0.15, -0.1) is 0 Å². The minimum Gasteiger partial charge on any atom is -0.358 e. The number of pyridine rings is 1. The van der Waals surface area contributed by atoms with Gasteiger partial charge in [-0.05, 0) is 25.1 Å². The fourth-order valence-electron chi connectivity index (χ4n) is 3.36. The molecule has 5 rings (SSSR count). The molecule has 0 aliphatic rings. The van der Waals surface area contributed by atoms with Crippen molar-refractivity contribution in [2.24, 2.45) is 0 Å². The highest BCUT2D eigenvalue weighted by atomic mass is 35.5. The lowest BCUT2D eigenvalue weighted by molar-refractivity contribution is 0.701. The first-order chi connectivity index (χ1) is 15.5. The maximum Gasteiger partial charge on any atom is 0.281 e. The molecule has 0 aliphatic heterocycles. The topological polar surface area (TPSA) is 146 Å². The smallest absolute Gasteiger partial charge is 0.281 e. The number of anilines is 2.